The average Bonchev–Trinajstić information content (AvgIpc) is 2.72. The van der Waals surface area contributed by atoms with Crippen molar-refractivity contribution in [2.75, 3.05) is 11.1 Å². The maximum atomic E-state index is 13.6. The summed E-state index contributed by atoms with van der Waals surface area (Å²) in [6.07, 6.45) is -6.64. The van der Waals surface area contributed by atoms with Crippen molar-refractivity contribution in [1.82, 2.24) is 0 Å². The molecule has 0 aliphatic carbocycles. The van der Waals surface area contributed by atoms with Gasteiger partial charge in [0.25, 0.3) is 5.69 Å². The van der Waals surface area contributed by atoms with Gasteiger partial charge in [0.1, 0.15) is 10.6 Å². The minimum atomic E-state index is -6.64. The standard InChI is InChI=1S/C18H10F10N2O4S3/c19-15(20,16(21,22)23)17(24,25)35-9-5-6-13(11(7-9)30(32)33)37(34)8-14(31)29-10-3-1-2-4-12(10)36-18(26,27)28/h1-7H,8H2,(H,29,31). The molecule has 0 heterocycles. The topological polar surface area (TPSA) is 89.3 Å². The molecule has 0 aliphatic heterocycles. The number of anilines is 1. The zero-order valence-electron chi connectivity index (χ0n) is 17.3. The lowest BCUT2D eigenvalue weighted by molar-refractivity contribution is -0.388. The first-order valence-electron chi connectivity index (χ1n) is 9.08. The van der Waals surface area contributed by atoms with Crippen molar-refractivity contribution in [2.45, 2.75) is 37.5 Å². The quantitative estimate of drug-likeness (QED) is 0.146. The lowest BCUT2D eigenvalue weighted by Gasteiger charge is -2.27. The fourth-order valence-corrected chi connectivity index (χ4v) is 4.96. The van der Waals surface area contributed by atoms with Crippen LogP contribution in [0.3, 0.4) is 0 Å². The number of amides is 1. The number of benzene rings is 2. The van der Waals surface area contributed by atoms with E-state index in [1.165, 1.54) is 12.1 Å². The first-order chi connectivity index (χ1) is 16.7. The number of carbonyl (C=O) groups is 1. The van der Waals surface area contributed by atoms with E-state index in [0.29, 0.717) is 12.1 Å². The highest BCUT2D eigenvalue weighted by Crippen LogP contribution is 2.54. The fraction of sp³-hybridized carbons (Fsp3) is 0.278. The fourth-order valence-electron chi connectivity index (χ4n) is 2.44. The molecule has 204 valence electrons. The number of nitro benzene ring substituents is 1. The van der Waals surface area contributed by atoms with Gasteiger partial charge in [-0.1, -0.05) is 12.1 Å². The minimum absolute atomic E-state index is 0.172. The summed E-state index contributed by atoms with van der Waals surface area (Å²) in [4.78, 5) is 19.9. The third-order valence-electron chi connectivity index (χ3n) is 3.99. The molecule has 19 heteroatoms. The maximum absolute atomic E-state index is 13.6. The number of hydrogen-bond donors (Lipinski definition) is 1. The van der Waals surface area contributed by atoms with Gasteiger partial charge >= 0.3 is 22.9 Å². The van der Waals surface area contributed by atoms with Crippen LogP contribution in [0, 0.1) is 10.1 Å². The molecular formula is C18H10F10N2O4S3. The van der Waals surface area contributed by atoms with Crippen LogP contribution in [0.15, 0.2) is 57.2 Å². The van der Waals surface area contributed by atoms with Crippen LogP contribution in [0.5, 0.6) is 0 Å². The van der Waals surface area contributed by atoms with Crippen LogP contribution in [0.25, 0.3) is 0 Å². The van der Waals surface area contributed by atoms with E-state index in [4.69, 9.17) is 0 Å². The normalized spacial score (nSPS) is 13.8. The molecule has 0 aliphatic rings. The molecule has 0 saturated heterocycles. The molecule has 0 bridgehead atoms. The van der Waals surface area contributed by atoms with E-state index in [1.54, 1.807) is 0 Å². The third kappa shape index (κ3) is 7.73. The highest BCUT2D eigenvalue weighted by Gasteiger charge is 2.73. The molecule has 2 aromatic rings. The summed E-state index contributed by atoms with van der Waals surface area (Å²) in [6, 6.07) is 5.75. The number of nitro groups is 1. The summed E-state index contributed by atoms with van der Waals surface area (Å²) >= 11 is -1.89. The molecule has 37 heavy (non-hydrogen) atoms. The Kier molecular flexibility index (Phi) is 9.17. The summed E-state index contributed by atoms with van der Waals surface area (Å²) in [5.41, 5.74) is -6.29. The summed E-state index contributed by atoms with van der Waals surface area (Å²) in [5, 5.41) is 7.55. The second-order valence-corrected chi connectivity index (χ2v) is 10.4. The largest absolute Gasteiger partial charge is 0.460 e. The van der Waals surface area contributed by atoms with Crippen molar-refractivity contribution >= 4 is 51.6 Å². The van der Waals surface area contributed by atoms with Crippen LogP contribution in [-0.2, 0) is 15.6 Å². The first kappa shape index (κ1) is 30.7. The van der Waals surface area contributed by atoms with Crippen molar-refractivity contribution in [2.24, 2.45) is 0 Å². The molecular weight excluding hydrogens is 594 g/mol. The zero-order chi connectivity index (χ0) is 28.4. The van der Waals surface area contributed by atoms with Gasteiger partial charge in [-0.15, -0.1) is 0 Å². The van der Waals surface area contributed by atoms with Crippen LogP contribution in [0.4, 0.5) is 55.3 Å². The van der Waals surface area contributed by atoms with Gasteiger partial charge in [0, 0.05) is 15.9 Å². The molecule has 0 aromatic heterocycles. The summed E-state index contributed by atoms with van der Waals surface area (Å²) in [7, 11) is -2.62. The number of nitrogens with one attached hydrogen (secondary N) is 1. The number of thioether (sulfide) groups is 2. The number of para-hydroxylation sites is 1. The van der Waals surface area contributed by atoms with Crippen LogP contribution < -0.4 is 5.32 Å². The van der Waals surface area contributed by atoms with E-state index >= 15 is 0 Å². The van der Waals surface area contributed by atoms with E-state index in [0.717, 1.165) is 12.1 Å². The van der Waals surface area contributed by atoms with Crippen LogP contribution >= 0.6 is 23.5 Å². The second-order valence-electron chi connectivity index (χ2n) is 6.66. The molecule has 1 N–H and O–H groups in total. The molecule has 0 saturated carbocycles. The van der Waals surface area contributed by atoms with Crippen molar-refractivity contribution in [3.05, 3.63) is 52.6 Å². The van der Waals surface area contributed by atoms with Gasteiger partial charge in [-0.2, -0.15) is 43.9 Å². The Bertz CT molecular complexity index is 1210. The number of halogens is 10. The summed E-state index contributed by atoms with van der Waals surface area (Å²) < 4.78 is 141. The molecule has 0 radical (unpaired) electrons. The molecule has 0 fully saturated rings. The summed E-state index contributed by atoms with van der Waals surface area (Å²) in [6.45, 7) is 0. The first-order valence-corrected chi connectivity index (χ1v) is 12.0. The average molecular weight is 604 g/mol. The summed E-state index contributed by atoms with van der Waals surface area (Å²) in [5.74, 6) is -8.74. The smallest absolute Gasteiger partial charge is 0.324 e. The Morgan fingerprint density at radius 3 is 2.08 bits per heavy atom. The Hall–Kier alpha value is -2.54. The molecule has 0 spiro atoms. The van der Waals surface area contributed by atoms with E-state index in [-0.39, 0.29) is 11.8 Å². The number of rotatable bonds is 9. The monoisotopic (exact) mass is 604 g/mol. The minimum Gasteiger partial charge on any atom is -0.324 e. The Balaban J connectivity index is 2.25. The van der Waals surface area contributed by atoms with Gasteiger partial charge < -0.3 is 5.32 Å². The van der Waals surface area contributed by atoms with Gasteiger partial charge in [-0.25, -0.2) is 0 Å². The van der Waals surface area contributed by atoms with E-state index < -0.39 is 94.1 Å². The number of hydrogen-bond acceptors (Lipinski definition) is 6. The number of carbonyl (C=O) groups excluding carboxylic acids is 1. The molecule has 1 unspecified atom stereocenters. The van der Waals surface area contributed by atoms with Gasteiger partial charge in [-0.3, -0.25) is 19.1 Å². The molecule has 2 rings (SSSR count). The third-order valence-corrected chi connectivity index (χ3v) is 7.16. The highest BCUT2D eigenvalue weighted by atomic mass is 32.2. The highest BCUT2D eigenvalue weighted by molar-refractivity contribution is 8.00. The van der Waals surface area contributed by atoms with Gasteiger partial charge in [0.05, 0.1) is 21.4 Å². The molecule has 1 atom stereocenters. The predicted molar refractivity (Wildman–Crippen MR) is 113 cm³/mol. The molecule has 2 aromatic carbocycles. The van der Waals surface area contributed by atoms with Crippen LogP contribution in [0.1, 0.15) is 0 Å². The van der Waals surface area contributed by atoms with Crippen molar-refractivity contribution < 1.29 is 57.8 Å². The van der Waals surface area contributed by atoms with Crippen molar-refractivity contribution in [1.29, 1.82) is 0 Å². The zero-order valence-corrected chi connectivity index (χ0v) is 19.8. The van der Waals surface area contributed by atoms with Crippen molar-refractivity contribution in [3.63, 3.8) is 0 Å². The Labute approximate surface area is 210 Å². The van der Waals surface area contributed by atoms with Gasteiger partial charge in [0.2, 0.25) is 5.91 Å². The van der Waals surface area contributed by atoms with E-state index in [9.17, 15) is 63.0 Å². The lowest BCUT2D eigenvalue weighted by atomic mass is 10.3. The molecule has 1 amide bonds. The lowest BCUT2D eigenvalue weighted by Crippen LogP contribution is -2.49. The Morgan fingerprint density at radius 1 is 0.946 bits per heavy atom. The SMILES string of the molecule is O=C(CS(=O)c1ccc(SC(F)(F)C(F)(F)C(F)(F)F)cc1[N+](=O)[O-])Nc1ccccc1SC(F)(F)F. The second kappa shape index (κ2) is 11.1. The Morgan fingerprint density at radius 2 is 1.54 bits per heavy atom. The van der Waals surface area contributed by atoms with Crippen LogP contribution in [-0.4, -0.2) is 43.7 Å². The van der Waals surface area contributed by atoms with Crippen LogP contribution in [0.2, 0.25) is 0 Å². The van der Waals surface area contributed by atoms with Gasteiger partial charge in [0.15, 0.2) is 0 Å². The van der Waals surface area contributed by atoms with E-state index in [2.05, 4.69) is 0 Å². The predicted octanol–water partition coefficient (Wildman–Crippen LogP) is 6.84. The van der Waals surface area contributed by atoms with E-state index in [1.807, 2.05) is 5.32 Å². The van der Waals surface area contributed by atoms with Gasteiger partial charge in [-0.05, 0) is 47.8 Å². The number of nitrogens with zero attached hydrogens (tertiary/aromatic N) is 1. The number of alkyl halides is 10. The maximum Gasteiger partial charge on any atom is 0.460 e. The van der Waals surface area contributed by atoms with Crippen molar-refractivity contribution in [3.8, 4) is 0 Å². The molecule has 6 nitrogen and oxygen atoms in total.